The Kier molecular flexibility index (Phi) is 6.06. The highest BCUT2D eigenvalue weighted by molar-refractivity contribution is 8.00. The number of carbonyl (C=O) groups is 1. The summed E-state index contributed by atoms with van der Waals surface area (Å²) in [6.45, 7) is 7.85. The van der Waals surface area contributed by atoms with E-state index in [0.717, 1.165) is 44.5 Å². The summed E-state index contributed by atoms with van der Waals surface area (Å²) in [6, 6.07) is 1.53. The monoisotopic (exact) mass is 323 g/mol. The van der Waals surface area contributed by atoms with Crippen LogP contribution in [0.3, 0.4) is 0 Å². The molecule has 0 aromatic carbocycles. The Balaban J connectivity index is 2.00. The highest BCUT2D eigenvalue weighted by Gasteiger charge is 2.25. The van der Waals surface area contributed by atoms with E-state index in [4.69, 9.17) is 0 Å². The predicted octanol–water partition coefficient (Wildman–Crippen LogP) is 2.46. The van der Waals surface area contributed by atoms with Crippen molar-refractivity contribution in [1.82, 2.24) is 14.9 Å². The van der Waals surface area contributed by atoms with Crippen LogP contribution in [0.4, 0.5) is 0 Å². The molecule has 1 fully saturated rings. The molecular formula is C16H25N3O2S. The number of nitrogens with one attached hydrogen (secondary N) is 1. The van der Waals surface area contributed by atoms with Crippen LogP contribution >= 0.6 is 11.8 Å². The number of aryl methyl sites for hydroxylation is 1. The van der Waals surface area contributed by atoms with E-state index < -0.39 is 0 Å². The number of nitrogens with zero attached hydrogens (tertiary/aromatic N) is 2. The van der Waals surface area contributed by atoms with E-state index in [-0.39, 0.29) is 16.7 Å². The van der Waals surface area contributed by atoms with Crippen LogP contribution in [0.5, 0.6) is 0 Å². The summed E-state index contributed by atoms with van der Waals surface area (Å²) in [5.41, 5.74) is 0.646. The van der Waals surface area contributed by atoms with Crippen molar-refractivity contribution in [3.05, 3.63) is 22.1 Å². The fourth-order valence-corrected chi connectivity index (χ4v) is 3.54. The minimum atomic E-state index is -0.228. The van der Waals surface area contributed by atoms with Gasteiger partial charge in [-0.1, -0.05) is 32.0 Å². The van der Waals surface area contributed by atoms with E-state index >= 15 is 0 Å². The molecule has 1 aliphatic heterocycles. The van der Waals surface area contributed by atoms with Crippen molar-refractivity contribution in [1.29, 1.82) is 0 Å². The number of aromatic nitrogens is 2. The molecule has 2 rings (SSSR count). The summed E-state index contributed by atoms with van der Waals surface area (Å²) in [6.07, 6.45) is 3.87. The molecule has 1 saturated heterocycles. The van der Waals surface area contributed by atoms with Gasteiger partial charge in [-0.25, -0.2) is 4.98 Å². The fraction of sp³-hybridized carbons (Fsp3) is 0.688. The second-order valence-electron chi connectivity index (χ2n) is 6.06. The summed E-state index contributed by atoms with van der Waals surface area (Å²) in [7, 11) is 0. The summed E-state index contributed by atoms with van der Waals surface area (Å²) in [4.78, 5) is 33.3. The van der Waals surface area contributed by atoms with Gasteiger partial charge in [-0.3, -0.25) is 9.59 Å². The fourth-order valence-electron chi connectivity index (χ4n) is 2.63. The molecular weight excluding hydrogens is 298 g/mol. The van der Waals surface area contributed by atoms with Gasteiger partial charge in [-0.2, -0.15) is 0 Å². The minimum absolute atomic E-state index is 0.139. The maximum absolute atomic E-state index is 12.5. The molecule has 0 radical (unpaired) electrons. The number of piperidine rings is 1. The lowest BCUT2D eigenvalue weighted by molar-refractivity contribution is -0.131. The number of aromatic amines is 1. The lowest BCUT2D eigenvalue weighted by Gasteiger charge is -2.31. The largest absolute Gasteiger partial charge is 0.342 e. The van der Waals surface area contributed by atoms with Crippen LogP contribution in [-0.2, 0) is 11.2 Å². The van der Waals surface area contributed by atoms with Crippen molar-refractivity contribution in [3.63, 3.8) is 0 Å². The van der Waals surface area contributed by atoms with Gasteiger partial charge in [-0.15, -0.1) is 0 Å². The second kappa shape index (κ2) is 7.81. The number of hydrogen-bond donors (Lipinski definition) is 1. The third-order valence-electron chi connectivity index (χ3n) is 4.01. The first-order chi connectivity index (χ1) is 10.5. The highest BCUT2D eigenvalue weighted by Crippen LogP contribution is 2.23. The van der Waals surface area contributed by atoms with Gasteiger partial charge in [0, 0.05) is 24.8 Å². The molecule has 1 amide bonds. The van der Waals surface area contributed by atoms with Crippen LogP contribution in [0.2, 0.25) is 0 Å². The summed E-state index contributed by atoms with van der Waals surface area (Å²) >= 11 is 1.34. The summed E-state index contributed by atoms with van der Waals surface area (Å²) in [5.74, 6) is 0.844. The average Bonchev–Trinajstić information content (AvgIpc) is 2.47. The Hall–Kier alpha value is -1.30. The van der Waals surface area contributed by atoms with Crippen molar-refractivity contribution in [3.8, 4) is 0 Å². The van der Waals surface area contributed by atoms with Crippen LogP contribution in [0.25, 0.3) is 0 Å². The Bertz CT molecular complexity index is 565. The maximum atomic E-state index is 12.5. The lowest BCUT2D eigenvalue weighted by atomic mass is 9.99. The standard InChI is InChI=1S/C16H25N3O2S/c1-4-5-13-10-14(20)18-16(17-13)22-12(3)15(21)19-8-6-11(2)7-9-19/h10-12H,4-9H2,1-3H3,(H,17,18,20). The van der Waals surface area contributed by atoms with Gasteiger partial charge in [-0.05, 0) is 32.1 Å². The van der Waals surface area contributed by atoms with E-state index in [0.29, 0.717) is 11.1 Å². The van der Waals surface area contributed by atoms with Crippen molar-refractivity contribution in [2.75, 3.05) is 13.1 Å². The summed E-state index contributed by atoms with van der Waals surface area (Å²) < 4.78 is 0. The van der Waals surface area contributed by atoms with Gasteiger partial charge in [0.2, 0.25) is 5.91 Å². The zero-order valence-corrected chi connectivity index (χ0v) is 14.4. The highest BCUT2D eigenvalue weighted by atomic mass is 32.2. The van der Waals surface area contributed by atoms with Gasteiger partial charge in [0.15, 0.2) is 5.16 Å². The molecule has 5 nitrogen and oxygen atoms in total. The Morgan fingerprint density at radius 3 is 2.82 bits per heavy atom. The van der Waals surface area contributed by atoms with Crippen LogP contribution in [0.1, 0.15) is 45.7 Å². The molecule has 22 heavy (non-hydrogen) atoms. The van der Waals surface area contributed by atoms with Crippen molar-refractivity contribution < 1.29 is 4.79 Å². The van der Waals surface area contributed by atoms with Crippen molar-refractivity contribution in [2.45, 2.75) is 56.9 Å². The van der Waals surface area contributed by atoms with Gasteiger partial charge in [0.25, 0.3) is 5.56 Å². The summed E-state index contributed by atoms with van der Waals surface area (Å²) in [5, 5.41) is 0.315. The molecule has 1 aromatic heterocycles. The molecule has 0 saturated carbocycles. The van der Waals surface area contributed by atoms with Crippen LogP contribution < -0.4 is 5.56 Å². The molecule has 1 unspecified atom stereocenters. The van der Waals surface area contributed by atoms with E-state index in [1.165, 1.54) is 17.8 Å². The first-order valence-corrected chi connectivity index (χ1v) is 8.93. The first-order valence-electron chi connectivity index (χ1n) is 8.05. The molecule has 6 heteroatoms. The Labute approximate surface area is 135 Å². The maximum Gasteiger partial charge on any atom is 0.251 e. The number of thioether (sulfide) groups is 1. The zero-order valence-electron chi connectivity index (χ0n) is 13.6. The third kappa shape index (κ3) is 4.60. The molecule has 0 bridgehead atoms. The molecule has 0 spiro atoms. The first kappa shape index (κ1) is 17.1. The predicted molar refractivity (Wildman–Crippen MR) is 89.1 cm³/mol. The number of rotatable bonds is 5. The topological polar surface area (TPSA) is 66.1 Å². The van der Waals surface area contributed by atoms with E-state index in [9.17, 15) is 9.59 Å². The van der Waals surface area contributed by atoms with Crippen LogP contribution in [-0.4, -0.2) is 39.1 Å². The zero-order chi connectivity index (χ0) is 16.1. The minimum Gasteiger partial charge on any atom is -0.342 e. The SMILES string of the molecule is CCCc1cc(=O)[nH]c(SC(C)C(=O)N2CCC(C)CC2)n1. The third-order valence-corrected chi connectivity index (χ3v) is 4.98. The lowest BCUT2D eigenvalue weighted by Crippen LogP contribution is -2.41. The Morgan fingerprint density at radius 1 is 1.50 bits per heavy atom. The van der Waals surface area contributed by atoms with Gasteiger partial charge >= 0.3 is 0 Å². The Morgan fingerprint density at radius 2 is 2.18 bits per heavy atom. The molecule has 122 valence electrons. The molecule has 0 aliphatic carbocycles. The second-order valence-corrected chi connectivity index (χ2v) is 7.39. The van der Waals surface area contributed by atoms with Crippen LogP contribution in [0.15, 0.2) is 16.0 Å². The van der Waals surface area contributed by atoms with Crippen LogP contribution in [0, 0.1) is 5.92 Å². The quantitative estimate of drug-likeness (QED) is 0.668. The number of H-pyrrole nitrogens is 1. The smallest absolute Gasteiger partial charge is 0.251 e. The van der Waals surface area contributed by atoms with E-state index in [1.54, 1.807) is 0 Å². The van der Waals surface area contributed by atoms with Crippen molar-refractivity contribution in [2.24, 2.45) is 5.92 Å². The molecule has 1 N–H and O–H groups in total. The van der Waals surface area contributed by atoms with Gasteiger partial charge < -0.3 is 9.88 Å². The average molecular weight is 323 g/mol. The van der Waals surface area contributed by atoms with E-state index in [1.807, 2.05) is 11.8 Å². The number of hydrogen-bond acceptors (Lipinski definition) is 4. The molecule has 1 aromatic rings. The van der Waals surface area contributed by atoms with Crippen molar-refractivity contribution >= 4 is 17.7 Å². The number of amides is 1. The number of carbonyl (C=O) groups excluding carboxylic acids is 1. The van der Waals surface area contributed by atoms with Gasteiger partial charge in [0.1, 0.15) is 0 Å². The molecule has 1 aliphatic rings. The normalized spacial score (nSPS) is 17.5. The molecule has 1 atom stereocenters. The molecule has 2 heterocycles. The van der Waals surface area contributed by atoms with E-state index in [2.05, 4.69) is 23.8 Å². The van der Waals surface area contributed by atoms with Gasteiger partial charge in [0.05, 0.1) is 5.25 Å². The number of likely N-dealkylation sites (tertiary alicyclic amines) is 1.